The number of nitrogen functional groups attached to an aromatic ring is 1. The molecule has 0 bridgehead atoms. The van der Waals surface area contributed by atoms with Gasteiger partial charge >= 0.3 is 0 Å². The van der Waals surface area contributed by atoms with E-state index in [1.807, 2.05) is 6.92 Å². The molecule has 3 heterocycles. The molecule has 1 aliphatic heterocycles. The van der Waals surface area contributed by atoms with E-state index in [4.69, 9.17) is 11.5 Å². The molecule has 4 rings (SSSR count). The van der Waals surface area contributed by atoms with Crippen LogP contribution in [0.4, 0.5) is 11.6 Å². The highest BCUT2D eigenvalue weighted by Gasteiger charge is 2.26. The fourth-order valence-electron chi connectivity index (χ4n) is 3.79. The maximum atomic E-state index is 12.1. The molecular weight excluding hydrogens is 344 g/mol. The summed E-state index contributed by atoms with van der Waals surface area (Å²) in [6.45, 7) is 5.52. The van der Waals surface area contributed by atoms with Crippen molar-refractivity contribution < 1.29 is 9.90 Å². The van der Waals surface area contributed by atoms with Gasteiger partial charge in [0.1, 0.15) is 28.5 Å². The van der Waals surface area contributed by atoms with Crippen molar-refractivity contribution in [3.8, 4) is 11.4 Å². The van der Waals surface area contributed by atoms with Gasteiger partial charge in [-0.2, -0.15) is 0 Å². The summed E-state index contributed by atoms with van der Waals surface area (Å²) in [6, 6.07) is 3.42. The van der Waals surface area contributed by atoms with Gasteiger partial charge in [-0.1, -0.05) is 6.07 Å². The normalized spacial score (nSPS) is 14.2. The highest BCUT2D eigenvalue weighted by molar-refractivity contribution is 6.09. The average Bonchev–Trinajstić information content (AvgIpc) is 3.25. The molecule has 0 saturated carbocycles. The summed E-state index contributed by atoms with van der Waals surface area (Å²) in [6.07, 6.45) is 3.91. The third-order valence-corrected chi connectivity index (χ3v) is 5.19. The third-order valence-electron chi connectivity index (χ3n) is 5.19. The van der Waals surface area contributed by atoms with E-state index in [2.05, 4.69) is 14.9 Å². The standard InChI is InChI=1S/C19H22N6O2/c1-10-5-6-12(26)11(2)16(10)25-17(20)14(18(21)27)15-19(25)22-9-13(23-15)24-7-3-4-8-24/h5-6,9,26H,3-4,7-8,20H2,1-2H3,(H2,21,27). The molecule has 1 aromatic carbocycles. The minimum atomic E-state index is -0.653. The highest BCUT2D eigenvalue weighted by Crippen LogP contribution is 2.35. The fraction of sp³-hybridized carbons (Fsp3) is 0.316. The number of amides is 1. The first kappa shape index (κ1) is 17.1. The van der Waals surface area contributed by atoms with Crippen LogP contribution >= 0.6 is 0 Å². The predicted octanol–water partition coefficient (Wildman–Crippen LogP) is 2.02. The number of aryl methyl sites for hydroxylation is 1. The second kappa shape index (κ2) is 6.15. The first-order valence-corrected chi connectivity index (χ1v) is 8.91. The molecular formula is C19H22N6O2. The molecule has 1 aliphatic rings. The Balaban J connectivity index is 2.04. The van der Waals surface area contributed by atoms with E-state index in [0.29, 0.717) is 28.2 Å². The highest BCUT2D eigenvalue weighted by atomic mass is 16.3. The predicted molar refractivity (Wildman–Crippen MR) is 104 cm³/mol. The number of rotatable bonds is 3. The van der Waals surface area contributed by atoms with Gasteiger partial charge in [-0.25, -0.2) is 9.97 Å². The zero-order valence-corrected chi connectivity index (χ0v) is 15.4. The maximum absolute atomic E-state index is 12.1. The number of fused-ring (bicyclic) bond motifs is 1. The van der Waals surface area contributed by atoms with E-state index in [0.717, 1.165) is 31.5 Å². The molecule has 5 N–H and O–H groups in total. The molecule has 0 spiro atoms. The van der Waals surface area contributed by atoms with Crippen LogP contribution in [-0.4, -0.2) is 38.6 Å². The van der Waals surface area contributed by atoms with Gasteiger partial charge in [0.15, 0.2) is 5.65 Å². The van der Waals surface area contributed by atoms with Gasteiger partial charge in [0.25, 0.3) is 5.91 Å². The van der Waals surface area contributed by atoms with Crippen molar-refractivity contribution in [2.45, 2.75) is 26.7 Å². The van der Waals surface area contributed by atoms with Crippen molar-refractivity contribution in [1.82, 2.24) is 14.5 Å². The molecule has 27 heavy (non-hydrogen) atoms. The number of hydrogen-bond donors (Lipinski definition) is 3. The average molecular weight is 366 g/mol. The van der Waals surface area contributed by atoms with Gasteiger partial charge in [0.05, 0.1) is 11.9 Å². The number of phenols is 1. The molecule has 8 nitrogen and oxygen atoms in total. The van der Waals surface area contributed by atoms with Crippen LogP contribution in [0.1, 0.15) is 34.3 Å². The lowest BCUT2D eigenvalue weighted by Gasteiger charge is -2.17. The Morgan fingerprint density at radius 1 is 1.22 bits per heavy atom. The summed E-state index contributed by atoms with van der Waals surface area (Å²) < 4.78 is 1.65. The molecule has 0 radical (unpaired) electrons. The van der Waals surface area contributed by atoms with Crippen LogP contribution in [0.15, 0.2) is 18.3 Å². The summed E-state index contributed by atoms with van der Waals surface area (Å²) in [4.78, 5) is 23.5. The van der Waals surface area contributed by atoms with E-state index in [1.54, 1.807) is 29.8 Å². The number of aromatic hydroxyl groups is 1. The second-order valence-electron chi connectivity index (χ2n) is 6.93. The number of aromatic nitrogens is 3. The summed E-state index contributed by atoms with van der Waals surface area (Å²) in [5.74, 6) is 0.371. The number of benzene rings is 1. The maximum Gasteiger partial charge on any atom is 0.254 e. The first-order valence-electron chi connectivity index (χ1n) is 8.91. The Labute approximate surface area is 156 Å². The first-order chi connectivity index (χ1) is 12.9. The van der Waals surface area contributed by atoms with Gasteiger partial charge in [-0.3, -0.25) is 9.36 Å². The molecule has 140 valence electrons. The van der Waals surface area contributed by atoms with E-state index in [1.165, 1.54) is 0 Å². The number of nitrogens with two attached hydrogens (primary N) is 2. The van der Waals surface area contributed by atoms with Crippen LogP contribution in [0.5, 0.6) is 5.75 Å². The monoisotopic (exact) mass is 366 g/mol. The molecule has 1 amide bonds. The number of phenolic OH excluding ortho intramolecular Hbond substituents is 1. The van der Waals surface area contributed by atoms with E-state index < -0.39 is 5.91 Å². The summed E-state index contributed by atoms with van der Waals surface area (Å²) in [5.41, 5.74) is 15.1. The van der Waals surface area contributed by atoms with Crippen molar-refractivity contribution >= 4 is 28.7 Å². The molecule has 2 aromatic heterocycles. The molecule has 1 fully saturated rings. The van der Waals surface area contributed by atoms with E-state index in [-0.39, 0.29) is 17.1 Å². The number of primary amides is 1. The van der Waals surface area contributed by atoms with E-state index >= 15 is 0 Å². The van der Waals surface area contributed by atoms with Crippen LogP contribution in [0.3, 0.4) is 0 Å². The quantitative estimate of drug-likeness (QED) is 0.652. The largest absolute Gasteiger partial charge is 0.508 e. The minimum absolute atomic E-state index is 0.138. The number of carbonyl (C=O) groups excluding carboxylic acids is 1. The molecule has 0 unspecified atom stereocenters. The Morgan fingerprint density at radius 2 is 1.93 bits per heavy atom. The molecule has 3 aromatic rings. The van der Waals surface area contributed by atoms with Crippen molar-refractivity contribution in [3.63, 3.8) is 0 Å². The number of nitrogens with zero attached hydrogens (tertiary/aromatic N) is 4. The van der Waals surface area contributed by atoms with Gasteiger partial charge < -0.3 is 21.5 Å². The minimum Gasteiger partial charge on any atom is -0.508 e. The van der Waals surface area contributed by atoms with Crippen molar-refractivity contribution in [3.05, 3.63) is 35.0 Å². The van der Waals surface area contributed by atoms with E-state index in [9.17, 15) is 9.90 Å². The van der Waals surface area contributed by atoms with Crippen molar-refractivity contribution in [1.29, 1.82) is 0 Å². The van der Waals surface area contributed by atoms with Crippen LogP contribution < -0.4 is 16.4 Å². The van der Waals surface area contributed by atoms with Gasteiger partial charge in [-0.05, 0) is 38.3 Å². The SMILES string of the molecule is Cc1ccc(O)c(C)c1-n1c(N)c(C(N)=O)c2nc(N3CCCC3)cnc21. The fourth-order valence-corrected chi connectivity index (χ4v) is 3.79. The summed E-state index contributed by atoms with van der Waals surface area (Å²) in [5, 5.41) is 10.2. The Morgan fingerprint density at radius 3 is 2.59 bits per heavy atom. The summed E-state index contributed by atoms with van der Waals surface area (Å²) in [7, 11) is 0. The lowest BCUT2D eigenvalue weighted by atomic mass is 10.1. The van der Waals surface area contributed by atoms with Crippen LogP contribution in [0, 0.1) is 13.8 Å². The Bertz CT molecular complexity index is 1070. The van der Waals surface area contributed by atoms with Crippen LogP contribution in [0.25, 0.3) is 16.9 Å². The van der Waals surface area contributed by atoms with Crippen LogP contribution in [-0.2, 0) is 0 Å². The lowest BCUT2D eigenvalue weighted by molar-refractivity contribution is 0.100. The van der Waals surface area contributed by atoms with Gasteiger partial charge in [0, 0.05) is 18.7 Å². The van der Waals surface area contributed by atoms with Gasteiger partial charge in [0.2, 0.25) is 0 Å². The summed E-state index contributed by atoms with van der Waals surface area (Å²) >= 11 is 0. The second-order valence-corrected chi connectivity index (χ2v) is 6.93. The number of carbonyl (C=O) groups is 1. The zero-order valence-electron chi connectivity index (χ0n) is 15.4. The molecule has 1 saturated heterocycles. The molecule has 8 heteroatoms. The lowest BCUT2D eigenvalue weighted by Crippen LogP contribution is -2.19. The van der Waals surface area contributed by atoms with Crippen LogP contribution in [0.2, 0.25) is 0 Å². The third kappa shape index (κ3) is 2.56. The smallest absolute Gasteiger partial charge is 0.254 e. The zero-order chi connectivity index (χ0) is 19.3. The Hall–Kier alpha value is -3.29. The number of anilines is 2. The number of hydrogen-bond acceptors (Lipinski definition) is 6. The molecule has 0 aliphatic carbocycles. The molecule has 0 atom stereocenters. The van der Waals surface area contributed by atoms with Gasteiger partial charge in [-0.15, -0.1) is 0 Å². The topological polar surface area (TPSA) is 123 Å². The Kier molecular flexibility index (Phi) is 3.91. The van der Waals surface area contributed by atoms with Crippen molar-refractivity contribution in [2.75, 3.05) is 23.7 Å². The van der Waals surface area contributed by atoms with Crippen molar-refractivity contribution in [2.24, 2.45) is 5.73 Å².